The number of aliphatic hydroxyl groups is 1. The topological polar surface area (TPSA) is 52.1 Å². The Hall–Kier alpha value is -3.89. The number of benzene rings is 3. The number of nitrogens with one attached hydrogen (secondary N) is 1. The van der Waals surface area contributed by atoms with Crippen LogP contribution in [0, 0.1) is 0 Å². The van der Waals surface area contributed by atoms with Crippen LogP contribution < -0.4 is 4.90 Å². The van der Waals surface area contributed by atoms with Crippen molar-refractivity contribution in [3.05, 3.63) is 132 Å². The van der Waals surface area contributed by atoms with E-state index in [9.17, 15) is 5.11 Å². The molecule has 3 aromatic carbocycles. The maximum atomic E-state index is 10.8. The highest BCUT2D eigenvalue weighted by atomic mass is 16.3. The molecule has 2 heterocycles. The molecular weight excluding hydrogens is 394 g/mol. The van der Waals surface area contributed by atoms with Crippen molar-refractivity contribution in [2.75, 3.05) is 4.90 Å². The Morgan fingerprint density at radius 2 is 1.31 bits per heavy atom. The van der Waals surface area contributed by atoms with Crippen molar-refractivity contribution in [1.29, 1.82) is 0 Å². The van der Waals surface area contributed by atoms with E-state index in [1.807, 2.05) is 54.7 Å². The lowest BCUT2D eigenvalue weighted by Gasteiger charge is -2.24. The summed E-state index contributed by atoms with van der Waals surface area (Å²) in [5.41, 5.74) is 5.02. The largest absolute Gasteiger partial charge is 0.382 e. The normalized spacial score (nSPS) is 12.0. The van der Waals surface area contributed by atoms with Gasteiger partial charge in [0, 0.05) is 24.2 Å². The minimum atomic E-state index is -0.697. The molecule has 4 heteroatoms. The predicted octanol–water partition coefficient (Wildman–Crippen LogP) is 5.85. The zero-order chi connectivity index (χ0) is 21.8. The molecule has 0 radical (unpaired) electrons. The molecule has 0 spiro atoms. The van der Waals surface area contributed by atoms with Gasteiger partial charge < -0.3 is 15.0 Å². The van der Waals surface area contributed by atoms with E-state index in [-0.39, 0.29) is 0 Å². The molecule has 0 aliphatic carbocycles. The molecule has 5 rings (SSSR count). The van der Waals surface area contributed by atoms with Gasteiger partial charge in [0.25, 0.3) is 0 Å². The summed E-state index contributed by atoms with van der Waals surface area (Å²) in [7, 11) is 0. The van der Waals surface area contributed by atoms with Crippen LogP contribution in [0.25, 0.3) is 10.9 Å². The zero-order valence-corrected chi connectivity index (χ0v) is 17.7. The van der Waals surface area contributed by atoms with E-state index in [4.69, 9.17) is 4.98 Å². The summed E-state index contributed by atoms with van der Waals surface area (Å²) in [6.45, 7) is 1.52. The van der Waals surface area contributed by atoms with Gasteiger partial charge in [0.1, 0.15) is 11.9 Å². The molecule has 0 fully saturated rings. The molecule has 0 aliphatic heterocycles. The summed E-state index contributed by atoms with van der Waals surface area (Å²) in [6, 6.07) is 34.7. The van der Waals surface area contributed by atoms with E-state index in [0.29, 0.717) is 0 Å². The molecule has 0 aliphatic rings. The van der Waals surface area contributed by atoms with Gasteiger partial charge in [-0.3, -0.25) is 0 Å². The molecule has 0 saturated carbocycles. The Bertz CT molecular complexity index is 1240. The molecule has 32 heavy (non-hydrogen) atoms. The second kappa shape index (κ2) is 9.08. The minimum absolute atomic E-state index is 0.697. The Kier molecular flexibility index (Phi) is 5.69. The number of pyridine rings is 1. The van der Waals surface area contributed by atoms with Gasteiger partial charge in [-0.2, -0.15) is 0 Å². The van der Waals surface area contributed by atoms with Gasteiger partial charge in [-0.05, 0) is 28.8 Å². The number of hydrogen-bond acceptors (Lipinski definition) is 3. The van der Waals surface area contributed by atoms with E-state index in [0.717, 1.165) is 41.1 Å². The van der Waals surface area contributed by atoms with Crippen LogP contribution in [0.4, 0.5) is 5.82 Å². The van der Waals surface area contributed by atoms with Gasteiger partial charge in [-0.1, -0.05) is 91.0 Å². The molecule has 5 aromatic rings. The van der Waals surface area contributed by atoms with E-state index in [1.165, 1.54) is 11.1 Å². The summed E-state index contributed by atoms with van der Waals surface area (Å²) in [5.74, 6) is 0.907. The van der Waals surface area contributed by atoms with Crippen LogP contribution in [0.3, 0.4) is 0 Å². The predicted molar refractivity (Wildman–Crippen MR) is 129 cm³/mol. The fourth-order valence-corrected chi connectivity index (χ4v) is 4.00. The fourth-order valence-electron chi connectivity index (χ4n) is 4.00. The lowest BCUT2D eigenvalue weighted by atomic mass is 10.1. The molecule has 1 atom stereocenters. The summed E-state index contributed by atoms with van der Waals surface area (Å²) in [6.07, 6.45) is 1.16. The van der Waals surface area contributed by atoms with Crippen LogP contribution in [-0.2, 0) is 13.1 Å². The lowest BCUT2D eigenvalue weighted by molar-refractivity contribution is 0.216. The minimum Gasteiger partial charge on any atom is -0.382 e. The van der Waals surface area contributed by atoms with Gasteiger partial charge in [-0.15, -0.1) is 0 Å². The number of rotatable bonds is 7. The molecule has 0 bridgehead atoms. The Morgan fingerprint density at radius 1 is 0.750 bits per heavy atom. The highest BCUT2D eigenvalue weighted by Gasteiger charge is 2.15. The molecule has 158 valence electrons. The third-order valence-corrected chi connectivity index (χ3v) is 5.68. The first kappa shape index (κ1) is 20.0. The van der Waals surface area contributed by atoms with Crippen molar-refractivity contribution in [3.63, 3.8) is 0 Å². The maximum absolute atomic E-state index is 10.8. The first-order valence-electron chi connectivity index (χ1n) is 10.8. The molecule has 1 unspecified atom stereocenters. The number of nitrogens with zero attached hydrogens (tertiary/aromatic N) is 2. The average molecular weight is 420 g/mol. The Balaban J connectivity index is 1.47. The summed E-state index contributed by atoms with van der Waals surface area (Å²) in [5, 5.41) is 11.8. The van der Waals surface area contributed by atoms with Crippen molar-refractivity contribution in [2.24, 2.45) is 0 Å². The van der Waals surface area contributed by atoms with Crippen LogP contribution >= 0.6 is 0 Å². The third kappa shape index (κ3) is 4.41. The lowest BCUT2D eigenvalue weighted by Crippen LogP contribution is -2.23. The quantitative estimate of drug-likeness (QED) is 0.348. The molecule has 0 saturated heterocycles. The third-order valence-electron chi connectivity index (χ3n) is 5.68. The van der Waals surface area contributed by atoms with Gasteiger partial charge >= 0.3 is 0 Å². The van der Waals surface area contributed by atoms with E-state index in [2.05, 4.69) is 64.5 Å². The number of anilines is 1. The number of aliphatic hydroxyl groups excluding tert-OH is 1. The van der Waals surface area contributed by atoms with E-state index < -0.39 is 6.10 Å². The number of aromatic nitrogens is 2. The van der Waals surface area contributed by atoms with Crippen LogP contribution in [0.1, 0.15) is 28.5 Å². The second-order valence-electron chi connectivity index (χ2n) is 7.99. The number of aromatic amines is 1. The van der Waals surface area contributed by atoms with Crippen LogP contribution in [0.5, 0.6) is 0 Å². The highest BCUT2D eigenvalue weighted by Crippen LogP contribution is 2.28. The number of H-pyrrole nitrogens is 1. The number of fused-ring (bicyclic) bond motifs is 1. The highest BCUT2D eigenvalue weighted by molar-refractivity contribution is 5.82. The van der Waals surface area contributed by atoms with Crippen LogP contribution in [0.15, 0.2) is 109 Å². The summed E-state index contributed by atoms with van der Waals surface area (Å²) < 4.78 is 0. The Morgan fingerprint density at radius 3 is 1.91 bits per heavy atom. The van der Waals surface area contributed by atoms with Crippen molar-refractivity contribution in [3.8, 4) is 0 Å². The fraction of sp³-hybridized carbons (Fsp3) is 0.107. The smallest absolute Gasteiger partial charge is 0.129 e. The van der Waals surface area contributed by atoms with Gasteiger partial charge in [-0.25, -0.2) is 4.98 Å². The standard InChI is InChI=1S/C28H25N3O/c32-28(23-14-8-3-9-15-23)25-16-24-17-27(29-18-26(24)30-25)31(19-21-10-4-1-5-11-21)20-22-12-6-2-7-13-22/h1-18,28,30,32H,19-20H2. The molecular formula is C28H25N3O. The van der Waals surface area contributed by atoms with Crippen LogP contribution in [-0.4, -0.2) is 15.1 Å². The van der Waals surface area contributed by atoms with Gasteiger partial charge in [0.05, 0.1) is 11.7 Å². The second-order valence-corrected chi connectivity index (χ2v) is 7.99. The van der Waals surface area contributed by atoms with Crippen molar-refractivity contribution in [2.45, 2.75) is 19.2 Å². The SMILES string of the molecule is OC(c1ccccc1)c1cc2cc(N(Cc3ccccc3)Cc3ccccc3)ncc2[nH]1. The molecule has 0 amide bonds. The first-order valence-corrected chi connectivity index (χ1v) is 10.8. The van der Waals surface area contributed by atoms with Gasteiger partial charge in [0.15, 0.2) is 0 Å². The van der Waals surface area contributed by atoms with Crippen LogP contribution in [0.2, 0.25) is 0 Å². The monoisotopic (exact) mass is 419 g/mol. The van der Waals surface area contributed by atoms with E-state index in [1.54, 1.807) is 0 Å². The van der Waals surface area contributed by atoms with E-state index >= 15 is 0 Å². The zero-order valence-electron chi connectivity index (χ0n) is 17.7. The summed E-state index contributed by atoms with van der Waals surface area (Å²) >= 11 is 0. The summed E-state index contributed by atoms with van der Waals surface area (Å²) in [4.78, 5) is 10.4. The molecule has 2 N–H and O–H groups in total. The maximum Gasteiger partial charge on any atom is 0.129 e. The molecule has 2 aromatic heterocycles. The first-order chi connectivity index (χ1) is 15.8. The van der Waals surface area contributed by atoms with Gasteiger partial charge in [0.2, 0.25) is 0 Å². The Labute approximate surface area is 187 Å². The van der Waals surface area contributed by atoms with Crippen molar-refractivity contribution in [1.82, 2.24) is 9.97 Å². The van der Waals surface area contributed by atoms with Crippen molar-refractivity contribution >= 4 is 16.7 Å². The molecule has 4 nitrogen and oxygen atoms in total. The average Bonchev–Trinajstić information content (AvgIpc) is 3.28. The van der Waals surface area contributed by atoms with Crippen molar-refractivity contribution < 1.29 is 5.11 Å². The number of hydrogen-bond donors (Lipinski definition) is 2.